The van der Waals surface area contributed by atoms with Crippen LogP contribution in [0.4, 0.5) is 0 Å². The first-order valence-electron chi connectivity index (χ1n) is 8.20. The average molecular weight is 396 g/mol. The molecule has 1 aliphatic rings. The lowest BCUT2D eigenvalue weighted by molar-refractivity contribution is -0.141. The van der Waals surface area contributed by atoms with Crippen LogP contribution in [0.2, 0.25) is 0 Å². The summed E-state index contributed by atoms with van der Waals surface area (Å²) in [5.41, 5.74) is 9.55. The second-order valence-corrected chi connectivity index (χ2v) is 6.30. The summed E-state index contributed by atoms with van der Waals surface area (Å²) in [6.07, 6.45) is 4.63. The van der Waals surface area contributed by atoms with Crippen LogP contribution in [0.15, 0.2) is 42.5 Å². The molecule has 10 heteroatoms. The molecule has 0 saturated carbocycles. The van der Waals surface area contributed by atoms with E-state index in [-0.39, 0.29) is 24.3 Å². The van der Waals surface area contributed by atoms with Gasteiger partial charge in [0.25, 0.3) is 0 Å². The van der Waals surface area contributed by atoms with Gasteiger partial charge in [-0.05, 0) is 24.1 Å². The maximum atomic E-state index is 10.5. The van der Waals surface area contributed by atoms with Crippen molar-refractivity contribution in [2.45, 2.75) is 36.6 Å². The lowest BCUT2D eigenvalue weighted by atomic mass is 9.86. The predicted molar refractivity (Wildman–Crippen MR) is 98.6 cm³/mol. The Morgan fingerprint density at radius 3 is 2.14 bits per heavy atom. The number of hydrogen-bond donors (Lipinski definition) is 8. The summed E-state index contributed by atoms with van der Waals surface area (Å²) in [5, 5.41) is 54.4. The monoisotopic (exact) mass is 396 g/mol. The number of phenolic OH excluding ortho intramolecular Hbond substituents is 2. The molecule has 28 heavy (non-hydrogen) atoms. The minimum absolute atomic E-state index is 0.114. The number of nitrogens with two attached hydrogens (primary N) is 2. The van der Waals surface area contributed by atoms with E-state index in [0.717, 1.165) is 0 Å². The lowest BCUT2D eigenvalue weighted by Gasteiger charge is -2.31. The molecule has 0 bridgehead atoms. The van der Waals surface area contributed by atoms with Gasteiger partial charge in [0.15, 0.2) is 11.5 Å². The van der Waals surface area contributed by atoms with E-state index in [1.807, 2.05) is 0 Å². The Morgan fingerprint density at radius 1 is 1.04 bits per heavy atom. The van der Waals surface area contributed by atoms with Gasteiger partial charge in [0, 0.05) is 6.42 Å². The molecular formula is C18H24N2O8. The number of allylic oxidation sites excluding steroid dienone is 2. The van der Waals surface area contributed by atoms with E-state index in [9.17, 15) is 19.8 Å². The van der Waals surface area contributed by atoms with Crippen molar-refractivity contribution in [1.82, 2.24) is 0 Å². The average Bonchev–Trinajstić information content (AvgIpc) is 2.61. The molecule has 1 aromatic rings. The van der Waals surface area contributed by atoms with Crippen LogP contribution in [-0.2, 0) is 16.0 Å². The third-order valence-corrected chi connectivity index (χ3v) is 3.98. The maximum Gasteiger partial charge on any atom is 0.320 e. The summed E-state index contributed by atoms with van der Waals surface area (Å²) >= 11 is 0. The van der Waals surface area contributed by atoms with Gasteiger partial charge in [-0.2, -0.15) is 0 Å². The molecule has 0 aromatic heterocycles. The number of carboxylic acid groups (broad SMARTS) is 2. The standard InChI is InChI=1S/C9H11NO4.C9H13NO4/c10-6(9(13)14)3-5-1-2-7(11)8(12)4-5;10-6(8(12)13)5-9(14)4-2-1-3-7(9)11/h1-2,4,6,11-12H,3,10H2,(H,13,14);1-4,6-7,11,14H,5,10H2,(H,12,13)/t6-;6-,7?,9?/m00/s1. The van der Waals surface area contributed by atoms with Crippen molar-refractivity contribution in [3.63, 3.8) is 0 Å². The Hall–Kier alpha value is -2.92. The van der Waals surface area contributed by atoms with Gasteiger partial charge in [0.2, 0.25) is 0 Å². The van der Waals surface area contributed by atoms with Crippen LogP contribution in [0, 0.1) is 0 Å². The molecule has 2 rings (SSSR count). The van der Waals surface area contributed by atoms with Crippen LogP contribution in [0.25, 0.3) is 0 Å². The van der Waals surface area contributed by atoms with Gasteiger partial charge in [-0.25, -0.2) is 0 Å². The number of benzene rings is 1. The minimum Gasteiger partial charge on any atom is -0.504 e. The largest absolute Gasteiger partial charge is 0.504 e. The SMILES string of the molecule is N[C@@H](CC1(O)C=CC=CC1O)C(=O)O.N[C@@H](Cc1ccc(O)c(O)c1)C(=O)O. The molecule has 4 atom stereocenters. The van der Waals surface area contributed by atoms with Crippen molar-refractivity contribution < 1.29 is 40.2 Å². The predicted octanol–water partition coefficient (Wildman–Crippen LogP) is -0.941. The minimum atomic E-state index is -1.58. The summed E-state index contributed by atoms with van der Waals surface area (Å²) in [6.45, 7) is 0. The Morgan fingerprint density at radius 2 is 1.64 bits per heavy atom. The molecular weight excluding hydrogens is 372 g/mol. The quantitative estimate of drug-likeness (QED) is 0.277. The summed E-state index contributed by atoms with van der Waals surface area (Å²) in [7, 11) is 0. The fourth-order valence-corrected chi connectivity index (χ4v) is 2.32. The number of aliphatic carboxylic acids is 2. The van der Waals surface area contributed by atoms with E-state index < -0.39 is 35.7 Å². The molecule has 0 aliphatic heterocycles. The Balaban J connectivity index is 0.000000280. The molecule has 2 unspecified atom stereocenters. The highest BCUT2D eigenvalue weighted by molar-refractivity contribution is 5.73. The molecule has 0 spiro atoms. The molecule has 10 nitrogen and oxygen atoms in total. The fourth-order valence-electron chi connectivity index (χ4n) is 2.32. The number of hydrogen-bond acceptors (Lipinski definition) is 8. The molecule has 1 aromatic carbocycles. The van der Waals surface area contributed by atoms with Gasteiger partial charge in [0.1, 0.15) is 23.8 Å². The number of aliphatic hydroxyl groups is 2. The van der Waals surface area contributed by atoms with Crippen molar-refractivity contribution in [3.8, 4) is 11.5 Å². The van der Waals surface area contributed by atoms with Gasteiger partial charge < -0.3 is 42.1 Å². The molecule has 1 aliphatic carbocycles. The van der Waals surface area contributed by atoms with Gasteiger partial charge in [0.05, 0.1) is 0 Å². The highest BCUT2D eigenvalue weighted by Crippen LogP contribution is 2.25. The van der Waals surface area contributed by atoms with E-state index in [2.05, 4.69) is 0 Å². The number of carbonyl (C=O) groups is 2. The lowest BCUT2D eigenvalue weighted by Crippen LogP contribution is -2.47. The number of rotatable bonds is 6. The van der Waals surface area contributed by atoms with Crippen molar-refractivity contribution in [2.24, 2.45) is 11.5 Å². The van der Waals surface area contributed by atoms with Gasteiger partial charge >= 0.3 is 11.9 Å². The van der Waals surface area contributed by atoms with E-state index >= 15 is 0 Å². The van der Waals surface area contributed by atoms with Crippen molar-refractivity contribution in [3.05, 3.63) is 48.1 Å². The first kappa shape index (κ1) is 23.1. The number of carboxylic acids is 2. The van der Waals surface area contributed by atoms with Crippen molar-refractivity contribution in [1.29, 1.82) is 0 Å². The van der Waals surface area contributed by atoms with Crippen molar-refractivity contribution in [2.75, 3.05) is 0 Å². The smallest absolute Gasteiger partial charge is 0.320 e. The number of aliphatic hydroxyl groups excluding tert-OH is 1. The molecule has 0 fully saturated rings. The summed E-state index contributed by atoms with van der Waals surface area (Å²) in [4.78, 5) is 20.9. The Kier molecular flexibility index (Phi) is 8.14. The third-order valence-electron chi connectivity index (χ3n) is 3.98. The zero-order valence-electron chi connectivity index (χ0n) is 14.8. The first-order chi connectivity index (χ1) is 13.0. The van der Waals surface area contributed by atoms with Gasteiger partial charge in [-0.3, -0.25) is 9.59 Å². The summed E-state index contributed by atoms with van der Waals surface area (Å²) in [5.74, 6) is -2.82. The topological polar surface area (TPSA) is 208 Å². The van der Waals surface area contributed by atoms with Crippen LogP contribution >= 0.6 is 0 Å². The van der Waals surface area contributed by atoms with Crippen LogP contribution < -0.4 is 11.5 Å². The third kappa shape index (κ3) is 6.67. The van der Waals surface area contributed by atoms with E-state index in [1.165, 1.54) is 30.4 Å². The summed E-state index contributed by atoms with van der Waals surface area (Å²) in [6, 6.07) is 1.90. The van der Waals surface area contributed by atoms with Gasteiger partial charge in [-0.1, -0.05) is 30.4 Å². The first-order valence-corrected chi connectivity index (χ1v) is 8.20. The number of aromatic hydroxyl groups is 2. The highest BCUT2D eigenvalue weighted by Gasteiger charge is 2.36. The van der Waals surface area contributed by atoms with Crippen molar-refractivity contribution >= 4 is 11.9 Å². The molecule has 0 saturated heterocycles. The molecule has 0 heterocycles. The van der Waals surface area contributed by atoms with E-state index in [1.54, 1.807) is 12.2 Å². The Bertz CT molecular complexity index is 764. The number of phenols is 2. The van der Waals surface area contributed by atoms with Crippen LogP contribution in [-0.4, -0.2) is 66.4 Å². The van der Waals surface area contributed by atoms with Crippen LogP contribution in [0.3, 0.4) is 0 Å². The molecule has 154 valence electrons. The van der Waals surface area contributed by atoms with E-state index in [4.69, 9.17) is 31.9 Å². The Labute approximate surface area is 160 Å². The molecule has 0 amide bonds. The zero-order valence-corrected chi connectivity index (χ0v) is 14.8. The van der Waals surface area contributed by atoms with Crippen LogP contribution in [0.5, 0.6) is 11.5 Å². The van der Waals surface area contributed by atoms with E-state index in [0.29, 0.717) is 5.56 Å². The highest BCUT2D eigenvalue weighted by atomic mass is 16.4. The molecule has 0 radical (unpaired) electrons. The maximum absolute atomic E-state index is 10.5. The second kappa shape index (κ2) is 9.85. The zero-order chi connectivity index (χ0) is 21.5. The second-order valence-electron chi connectivity index (χ2n) is 6.30. The summed E-state index contributed by atoms with van der Waals surface area (Å²) < 4.78 is 0. The normalized spacial score (nSPS) is 22.6. The van der Waals surface area contributed by atoms with Crippen LogP contribution in [0.1, 0.15) is 12.0 Å². The molecule has 10 N–H and O–H groups in total. The fraction of sp³-hybridized carbons (Fsp3) is 0.333. The van der Waals surface area contributed by atoms with Gasteiger partial charge in [-0.15, -0.1) is 0 Å².